The molecule has 13 heavy (non-hydrogen) atoms. The average molecular weight is 198 g/mol. The zero-order valence-electron chi connectivity index (χ0n) is 8.13. The fraction of sp³-hybridized carbons (Fsp3) is 0.556. The quantitative estimate of drug-likeness (QED) is 0.594. The largest absolute Gasteiger partial charge is 0.301 e. The van der Waals surface area contributed by atoms with E-state index in [0.29, 0.717) is 11.1 Å². The van der Waals surface area contributed by atoms with Crippen LogP contribution in [0.15, 0.2) is 16.0 Å². The molecule has 0 saturated carbocycles. The summed E-state index contributed by atoms with van der Waals surface area (Å²) in [6.45, 7) is 4.23. The Morgan fingerprint density at radius 3 is 2.85 bits per heavy atom. The molecule has 1 aromatic heterocycles. The summed E-state index contributed by atoms with van der Waals surface area (Å²) in [4.78, 5) is 18.1. The highest BCUT2D eigenvalue weighted by atomic mass is 32.2. The number of thioether (sulfide) groups is 1. The van der Waals surface area contributed by atoms with Gasteiger partial charge >= 0.3 is 0 Å². The fourth-order valence-electron chi connectivity index (χ4n) is 1.10. The van der Waals surface area contributed by atoms with Crippen LogP contribution in [-0.4, -0.2) is 16.2 Å². The summed E-state index contributed by atoms with van der Waals surface area (Å²) in [5.74, 6) is 0.531. The first kappa shape index (κ1) is 10.3. The predicted octanol–water partition coefficient (Wildman–Crippen LogP) is 1.69. The van der Waals surface area contributed by atoms with Crippen molar-refractivity contribution < 1.29 is 0 Å². The highest BCUT2D eigenvalue weighted by Crippen LogP contribution is 2.08. The third kappa shape index (κ3) is 3.22. The molecule has 0 saturated heterocycles. The van der Waals surface area contributed by atoms with E-state index >= 15 is 0 Å². The Hall–Kier alpha value is -0.770. The molecule has 0 bridgehead atoms. The minimum Gasteiger partial charge on any atom is -0.301 e. The lowest BCUT2D eigenvalue weighted by Crippen LogP contribution is -2.11. The van der Waals surface area contributed by atoms with Crippen LogP contribution < -0.4 is 5.56 Å². The molecular formula is C9H14N2OS. The van der Waals surface area contributed by atoms with Gasteiger partial charge in [0.25, 0.3) is 5.56 Å². The number of aromatic amines is 1. The molecule has 4 heteroatoms. The van der Waals surface area contributed by atoms with Crippen molar-refractivity contribution in [1.29, 1.82) is 0 Å². The average Bonchev–Trinajstić information content (AvgIpc) is 2.01. The summed E-state index contributed by atoms with van der Waals surface area (Å²) in [6.07, 6.45) is 2.76. The first-order valence-electron chi connectivity index (χ1n) is 4.26. The molecule has 1 aromatic rings. The Labute approximate surface area is 82.0 Å². The van der Waals surface area contributed by atoms with Crippen LogP contribution in [0.1, 0.15) is 19.5 Å². The molecule has 0 aliphatic heterocycles. The van der Waals surface area contributed by atoms with E-state index < -0.39 is 0 Å². The highest BCUT2D eigenvalue weighted by Gasteiger charge is 2.02. The molecule has 0 unspecified atom stereocenters. The first-order chi connectivity index (χ1) is 6.11. The standard InChI is InChI=1S/C9H14N2OS/c1-6(2)4-7-5-8(12)11-9(10-7)13-3/h5-6H,4H2,1-3H3,(H,10,11,12). The van der Waals surface area contributed by atoms with Gasteiger partial charge < -0.3 is 4.98 Å². The molecule has 1 N–H and O–H groups in total. The van der Waals surface area contributed by atoms with Crippen molar-refractivity contribution in [2.45, 2.75) is 25.4 Å². The van der Waals surface area contributed by atoms with Gasteiger partial charge in [-0.25, -0.2) is 4.98 Å². The Kier molecular flexibility index (Phi) is 3.54. The monoisotopic (exact) mass is 198 g/mol. The van der Waals surface area contributed by atoms with Gasteiger partial charge in [-0.05, 0) is 18.6 Å². The van der Waals surface area contributed by atoms with Crippen molar-refractivity contribution in [3.8, 4) is 0 Å². The van der Waals surface area contributed by atoms with Crippen LogP contribution in [0.2, 0.25) is 0 Å². The molecule has 0 aliphatic rings. The van der Waals surface area contributed by atoms with Gasteiger partial charge in [0, 0.05) is 11.8 Å². The molecule has 1 heterocycles. The topological polar surface area (TPSA) is 45.8 Å². The number of aromatic nitrogens is 2. The maximum absolute atomic E-state index is 11.1. The Bertz CT molecular complexity index is 333. The second kappa shape index (κ2) is 4.46. The lowest BCUT2D eigenvalue weighted by molar-refractivity contribution is 0.626. The van der Waals surface area contributed by atoms with E-state index in [4.69, 9.17) is 0 Å². The summed E-state index contributed by atoms with van der Waals surface area (Å²) in [6, 6.07) is 1.57. The van der Waals surface area contributed by atoms with E-state index in [1.807, 2.05) is 6.26 Å². The lowest BCUT2D eigenvalue weighted by atomic mass is 10.1. The summed E-state index contributed by atoms with van der Waals surface area (Å²) in [7, 11) is 0. The number of H-pyrrole nitrogens is 1. The van der Waals surface area contributed by atoms with Gasteiger partial charge in [-0.15, -0.1) is 0 Å². The van der Waals surface area contributed by atoms with E-state index in [1.54, 1.807) is 6.07 Å². The van der Waals surface area contributed by atoms with E-state index in [-0.39, 0.29) is 5.56 Å². The van der Waals surface area contributed by atoms with Crippen molar-refractivity contribution >= 4 is 11.8 Å². The second-order valence-electron chi connectivity index (χ2n) is 3.34. The Morgan fingerprint density at radius 2 is 2.31 bits per heavy atom. The Morgan fingerprint density at radius 1 is 1.62 bits per heavy atom. The maximum Gasteiger partial charge on any atom is 0.251 e. The van der Waals surface area contributed by atoms with Crippen molar-refractivity contribution in [2.75, 3.05) is 6.26 Å². The maximum atomic E-state index is 11.1. The molecular weight excluding hydrogens is 184 g/mol. The van der Waals surface area contributed by atoms with Crippen molar-refractivity contribution in [3.05, 3.63) is 22.1 Å². The predicted molar refractivity (Wildman–Crippen MR) is 55.2 cm³/mol. The van der Waals surface area contributed by atoms with E-state index in [9.17, 15) is 4.79 Å². The van der Waals surface area contributed by atoms with E-state index in [0.717, 1.165) is 12.1 Å². The molecule has 1 rings (SSSR count). The van der Waals surface area contributed by atoms with Crippen molar-refractivity contribution in [2.24, 2.45) is 5.92 Å². The van der Waals surface area contributed by atoms with Gasteiger partial charge in [0.15, 0.2) is 5.16 Å². The minimum atomic E-state index is -0.0602. The first-order valence-corrected chi connectivity index (χ1v) is 5.48. The number of hydrogen-bond acceptors (Lipinski definition) is 3. The van der Waals surface area contributed by atoms with Gasteiger partial charge in [0.05, 0.1) is 0 Å². The minimum absolute atomic E-state index is 0.0602. The lowest BCUT2D eigenvalue weighted by Gasteiger charge is -2.04. The van der Waals surface area contributed by atoms with Crippen LogP contribution in [0.4, 0.5) is 0 Å². The van der Waals surface area contributed by atoms with Crippen LogP contribution in [0.3, 0.4) is 0 Å². The van der Waals surface area contributed by atoms with Crippen LogP contribution in [-0.2, 0) is 6.42 Å². The smallest absolute Gasteiger partial charge is 0.251 e. The summed E-state index contributed by atoms with van der Waals surface area (Å²) in [5.41, 5.74) is 0.818. The molecule has 3 nitrogen and oxygen atoms in total. The third-order valence-corrected chi connectivity index (χ3v) is 2.16. The van der Waals surface area contributed by atoms with Gasteiger partial charge in [0.2, 0.25) is 0 Å². The SMILES string of the molecule is CSc1nc(CC(C)C)cc(=O)[nH]1. The van der Waals surface area contributed by atoms with Crippen molar-refractivity contribution in [1.82, 2.24) is 9.97 Å². The molecule has 72 valence electrons. The third-order valence-electron chi connectivity index (χ3n) is 1.58. The van der Waals surface area contributed by atoms with E-state index in [2.05, 4.69) is 23.8 Å². The molecule has 0 aliphatic carbocycles. The molecule has 0 radical (unpaired) electrons. The highest BCUT2D eigenvalue weighted by molar-refractivity contribution is 7.98. The molecule has 0 amide bonds. The summed E-state index contributed by atoms with van der Waals surface area (Å²) < 4.78 is 0. The van der Waals surface area contributed by atoms with Crippen LogP contribution >= 0.6 is 11.8 Å². The summed E-state index contributed by atoms with van der Waals surface area (Å²) >= 11 is 1.46. The van der Waals surface area contributed by atoms with Gasteiger partial charge in [-0.3, -0.25) is 4.79 Å². The second-order valence-corrected chi connectivity index (χ2v) is 4.14. The number of rotatable bonds is 3. The zero-order valence-corrected chi connectivity index (χ0v) is 8.94. The van der Waals surface area contributed by atoms with Gasteiger partial charge in [-0.2, -0.15) is 0 Å². The Balaban J connectivity index is 2.95. The van der Waals surface area contributed by atoms with Crippen LogP contribution in [0.25, 0.3) is 0 Å². The molecule has 0 spiro atoms. The van der Waals surface area contributed by atoms with Crippen LogP contribution in [0.5, 0.6) is 0 Å². The summed E-state index contributed by atoms with van der Waals surface area (Å²) in [5, 5.41) is 0.697. The normalized spacial score (nSPS) is 10.8. The number of nitrogens with zero attached hydrogens (tertiary/aromatic N) is 1. The zero-order chi connectivity index (χ0) is 9.84. The van der Waals surface area contributed by atoms with Crippen molar-refractivity contribution in [3.63, 3.8) is 0 Å². The van der Waals surface area contributed by atoms with Gasteiger partial charge in [-0.1, -0.05) is 25.6 Å². The molecule has 0 atom stereocenters. The van der Waals surface area contributed by atoms with Gasteiger partial charge in [0.1, 0.15) is 0 Å². The molecule has 0 aromatic carbocycles. The van der Waals surface area contributed by atoms with Crippen LogP contribution in [0, 0.1) is 5.92 Å². The molecule has 0 fully saturated rings. The fourth-order valence-corrected chi connectivity index (χ4v) is 1.51. The van der Waals surface area contributed by atoms with E-state index in [1.165, 1.54) is 11.8 Å². The number of hydrogen-bond donors (Lipinski definition) is 1. The number of nitrogens with one attached hydrogen (secondary N) is 1.